The van der Waals surface area contributed by atoms with Crippen LogP contribution in [-0.4, -0.2) is 26.8 Å². The number of thioether (sulfide) groups is 1. The third-order valence-electron chi connectivity index (χ3n) is 4.57. The van der Waals surface area contributed by atoms with Crippen molar-refractivity contribution in [3.05, 3.63) is 41.7 Å². The van der Waals surface area contributed by atoms with E-state index in [1.54, 1.807) is 6.20 Å². The highest BCUT2D eigenvalue weighted by Gasteiger charge is 2.22. The van der Waals surface area contributed by atoms with Gasteiger partial charge in [0.05, 0.1) is 10.9 Å². The number of hydrogen-bond acceptors (Lipinski definition) is 3. The Kier molecular flexibility index (Phi) is 5.29. The molecule has 0 aliphatic heterocycles. The van der Waals surface area contributed by atoms with Gasteiger partial charge < -0.3 is 5.32 Å². The molecule has 1 heterocycles. The molecule has 0 spiro atoms. The average molecular weight is 343 g/mol. The lowest BCUT2D eigenvalue weighted by Crippen LogP contribution is -2.37. The van der Waals surface area contributed by atoms with Crippen LogP contribution < -0.4 is 5.32 Å². The SMILES string of the molecule is Cc1ccc(-n2ccnc2S[C@H](C)C(=O)NC2CCCC2)c(C)c1. The van der Waals surface area contributed by atoms with E-state index in [4.69, 9.17) is 0 Å². The molecule has 0 bridgehead atoms. The number of benzene rings is 1. The fourth-order valence-electron chi connectivity index (χ4n) is 3.24. The van der Waals surface area contributed by atoms with Crippen molar-refractivity contribution in [3.8, 4) is 5.69 Å². The van der Waals surface area contributed by atoms with E-state index in [-0.39, 0.29) is 11.2 Å². The van der Waals surface area contributed by atoms with Crippen molar-refractivity contribution < 1.29 is 4.79 Å². The first-order valence-electron chi connectivity index (χ1n) is 8.62. The molecule has 0 unspecified atom stereocenters. The molecule has 4 nitrogen and oxygen atoms in total. The van der Waals surface area contributed by atoms with Gasteiger partial charge in [0.15, 0.2) is 5.16 Å². The largest absolute Gasteiger partial charge is 0.352 e. The lowest BCUT2D eigenvalue weighted by Gasteiger charge is -2.17. The van der Waals surface area contributed by atoms with Gasteiger partial charge in [-0.2, -0.15) is 0 Å². The number of rotatable bonds is 5. The molecular formula is C19H25N3OS. The summed E-state index contributed by atoms with van der Waals surface area (Å²) in [4.78, 5) is 16.9. The van der Waals surface area contributed by atoms with E-state index in [1.807, 2.05) is 13.1 Å². The van der Waals surface area contributed by atoms with Gasteiger partial charge in [-0.1, -0.05) is 42.3 Å². The molecule has 1 aliphatic rings. The predicted octanol–water partition coefficient (Wildman–Crippen LogP) is 4.03. The van der Waals surface area contributed by atoms with Gasteiger partial charge >= 0.3 is 0 Å². The lowest BCUT2D eigenvalue weighted by molar-refractivity contribution is -0.120. The summed E-state index contributed by atoms with van der Waals surface area (Å²) in [7, 11) is 0. The van der Waals surface area contributed by atoms with E-state index in [0.29, 0.717) is 6.04 Å². The highest BCUT2D eigenvalue weighted by Crippen LogP contribution is 2.27. The van der Waals surface area contributed by atoms with E-state index in [9.17, 15) is 4.79 Å². The fourth-order valence-corrected chi connectivity index (χ4v) is 4.12. The van der Waals surface area contributed by atoms with Crippen LogP contribution in [0, 0.1) is 13.8 Å². The second kappa shape index (κ2) is 7.43. The Hall–Kier alpha value is -1.75. The second-order valence-corrected chi connectivity index (χ2v) is 7.93. The number of carbonyl (C=O) groups is 1. The van der Waals surface area contributed by atoms with Crippen LogP contribution >= 0.6 is 11.8 Å². The van der Waals surface area contributed by atoms with Crippen molar-refractivity contribution in [2.24, 2.45) is 0 Å². The molecule has 0 saturated heterocycles. The van der Waals surface area contributed by atoms with Crippen molar-refractivity contribution in [2.45, 2.75) is 62.9 Å². The Morgan fingerprint density at radius 2 is 2.08 bits per heavy atom. The minimum absolute atomic E-state index is 0.113. The zero-order chi connectivity index (χ0) is 17.1. The molecule has 1 atom stereocenters. The maximum atomic E-state index is 12.4. The van der Waals surface area contributed by atoms with Crippen LogP contribution in [0.5, 0.6) is 0 Å². The first-order valence-corrected chi connectivity index (χ1v) is 9.50. The van der Waals surface area contributed by atoms with E-state index in [2.05, 4.69) is 46.9 Å². The Labute approximate surface area is 148 Å². The molecule has 1 aromatic heterocycles. The first kappa shape index (κ1) is 17.1. The molecule has 1 amide bonds. The summed E-state index contributed by atoms with van der Waals surface area (Å²) in [6.07, 6.45) is 8.43. The maximum Gasteiger partial charge on any atom is 0.233 e. The highest BCUT2D eigenvalue weighted by atomic mass is 32.2. The number of hydrogen-bond donors (Lipinski definition) is 1. The third-order valence-corrected chi connectivity index (χ3v) is 5.65. The van der Waals surface area contributed by atoms with Crippen molar-refractivity contribution >= 4 is 17.7 Å². The monoisotopic (exact) mass is 343 g/mol. The number of aryl methyl sites for hydroxylation is 2. The molecule has 1 fully saturated rings. The maximum absolute atomic E-state index is 12.4. The molecule has 1 N–H and O–H groups in total. The molecule has 24 heavy (non-hydrogen) atoms. The number of nitrogens with zero attached hydrogens (tertiary/aromatic N) is 2. The Balaban J connectivity index is 1.71. The van der Waals surface area contributed by atoms with Crippen LogP contribution in [0.15, 0.2) is 35.7 Å². The molecule has 1 aromatic carbocycles. The highest BCUT2D eigenvalue weighted by molar-refractivity contribution is 8.00. The number of carbonyl (C=O) groups excluding carboxylic acids is 1. The Bertz CT molecular complexity index is 719. The molecule has 0 radical (unpaired) electrons. The van der Waals surface area contributed by atoms with Crippen molar-refractivity contribution in [3.63, 3.8) is 0 Å². The minimum atomic E-state index is -0.155. The third kappa shape index (κ3) is 3.83. The van der Waals surface area contributed by atoms with E-state index >= 15 is 0 Å². The fraction of sp³-hybridized carbons (Fsp3) is 0.474. The smallest absolute Gasteiger partial charge is 0.233 e. The molecule has 5 heteroatoms. The van der Waals surface area contributed by atoms with Gasteiger partial charge in [-0.15, -0.1) is 0 Å². The lowest BCUT2D eigenvalue weighted by atomic mass is 10.1. The van der Waals surface area contributed by atoms with E-state index < -0.39 is 0 Å². The van der Waals surface area contributed by atoms with Crippen molar-refractivity contribution in [1.29, 1.82) is 0 Å². The summed E-state index contributed by atoms with van der Waals surface area (Å²) in [5.74, 6) is 0.113. The van der Waals surface area contributed by atoms with Crippen molar-refractivity contribution in [1.82, 2.24) is 14.9 Å². The zero-order valence-electron chi connectivity index (χ0n) is 14.6. The molecular weight excluding hydrogens is 318 g/mol. The van der Waals surface area contributed by atoms with E-state index in [0.717, 1.165) is 23.7 Å². The van der Waals surface area contributed by atoms with Gasteiger partial charge in [-0.25, -0.2) is 4.98 Å². The van der Waals surface area contributed by atoms with Gasteiger partial charge in [0.2, 0.25) is 5.91 Å². The van der Waals surface area contributed by atoms with Crippen LogP contribution in [0.2, 0.25) is 0 Å². The summed E-state index contributed by atoms with van der Waals surface area (Å²) in [5.41, 5.74) is 3.57. The summed E-state index contributed by atoms with van der Waals surface area (Å²) >= 11 is 1.52. The molecule has 128 valence electrons. The first-order chi connectivity index (χ1) is 11.5. The van der Waals surface area contributed by atoms with Crippen LogP contribution in [0.4, 0.5) is 0 Å². The number of imidazole rings is 1. The summed E-state index contributed by atoms with van der Waals surface area (Å²) in [5, 5.41) is 3.87. The topological polar surface area (TPSA) is 46.9 Å². The van der Waals surface area contributed by atoms with Gasteiger partial charge in [-0.05, 0) is 45.2 Å². The van der Waals surface area contributed by atoms with Gasteiger partial charge in [0.1, 0.15) is 0 Å². The minimum Gasteiger partial charge on any atom is -0.352 e. The summed E-state index contributed by atoms with van der Waals surface area (Å²) < 4.78 is 2.07. The molecule has 1 saturated carbocycles. The standard InChI is InChI=1S/C19H25N3OS/c1-13-8-9-17(14(2)12-13)22-11-10-20-19(22)24-15(3)18(23)21-16-6-4-5-7-16/h8-12,15-16H,4-7H2,1-3H3,(H,21,23)/t15-/m1/s1. The van der Waals surface area contributed by atoms with Crippen LogP contribution in [0.1, 0.15) is 43.7 Å². The second-order valence-electron chi connectivity index (χ2n) is 6.62. The van der Waals surface area contributed by atoms with Gasteiger partial charge in [0, 0.05) is 18.4 Å². The van der Waals surface area contributed by atoms with Crippen LogP contribution in [-0.2, 0) is 4.79 Å². The van der Waals surface area contributed by atoms with Gasteiger partial charge in [-0.3, -0.25) is 9.36 Å². The average Bonchev–Trinajstić information content (AvgIpc) is 3.19. The summed E-state index contributed by atoms with van der Waals surface area (Å²) in [6.45, 7) is 6.15. The number of amides is 1. The summed E-state index contributed by atoms with van der Waals surface area (Å²) in [6, 6.07) is 6.74. The van der Waals surface area contributed by atoms with Crippen LogP contribution in [0.3, 0.4) is 0 Å². The Morgan fingerprint density at radius 3 is 2.79 bits per heavy atom. The normalized spacial score (nSPS) is 16.3. The number of aromatic nitrogens is 2. The van der Waals surface area contributed by atoms with E-state index in [1.165, 1.54) is 35.7 Å². The molecule has 2 aromatic rings. The van der Waals surface area contributed by atoms with Gasteiger partial charge in [0.25, 0.3) is 0 Å². The number of nitrogens with one attached hydrogen (secondary N) is 1. The predicted molar refractivity (Wildman–Crippen MR) is 98.8 cm³/mol. The Morgan fingerprint density at radius 1 is 1.33 bits per heavy atom. The quantitative estimate of drug-likeness (QED) is 0.834. The molecule has 1 aliphatic carbocycles. The molecule has 3 rings (SSSR count). The van der Waals surface area contributed by atoms with Crippen molar-refractivity contribution in [2.75, 3.05) is 0 Å². The zero-order valence-corrected chi connectivity index (χ0v) is 15.4. The van der Waals surface area contributed by atoms with Crippen LogP contribution in [0.25, 0.3) is 5.69 Å².